The number of hydrogen-bond acceptors (Lipinski definition) is 3. The molecule has 1 aliphatic carbocycles. The summed E-state index contributed by atoms with van der Waals surface area (Å²) in [5.74, 6) is 0.122. The van der Waals surface area contributed by atoms with Gasteiger partial charge in [-0.2, -0.15) is 0 Å². The molecule has 1 heterocycles. The third-order valence-electron chi connectivity index (χ3n) is 4.72. The lowest BCUT2D eigenvalue weighted by Gasteiger charge is -2.26. The van der Waals surface area contributed by atoms with Crippen LogP contribution in [0.5, 0.6) is 0 Å². The summed E-state index contributed by atoms with van der Waals surface area (Å²) < 4.78 is 18.2. The van der Waals surface area contributed by atoms with E-state index in [2.05, 4.69) is 11.1 Å². The van der Waals surface area contributed by atoms with E-state index < -0.39 is 0 Å². The number of rotatable bonds is 4. The van der Waals surface area contributed by atoms with E-state index in [0.29, 0.717) is 23.2 Å². The molecule has 0 aliphatic heterocycles. The minimum Gasteiger partial charge on any atom is -0.397 e. The molecule has 0 unspecified atom stereocenters. The van der Waals surface area contributed by atoms with E-state index in [0.717, 1.165) is 42.5 Å². The standard InChI is InChI=1S/C20H22ClFN2O/c1-25-12-18-20(21)19(17(23)11-24-18)15-6-2-13(3-7-15)10-14-4-8-16(22)9-5-14/h4-5,8-11,15H,2-3,6-7,12,23H2,1H3. The first-order chi connectivity index (χ1) is 12.1. The summed E-state index contributed by atoms with van der Waals surface area (Å²) in [6, 6.07) is 6.60. The molecule has 1 fully saturated rings. The number of aromatic nitrogens is 1. The number of methoxy groups -OCH3 is 1. The van der Waals surface area contributed by atoms with Crippen molar-refractivity contribution < 1.29 is 9.13 Å². The molecule has 0 radical (unpaired) electrons. The summed E-state index contributed by atoms with van der Waals surface area (Å²) in [7, 11) is 1.63. The number of anilines is 1. The van der Waals surface area contributed by atoms with Gasteiger partial charge in [-0.25, -0.2) is 4.39 Å². The first-order valence-corrected chi connectivity index (χ1v) is 8.83. The van der Waals surface area contributed by atoms with E-state index in [9.17, 15) is 4.39 Å². The van der Waals surface area contributed by atoms with Gasteiger partial charge in [0.15, 0.2) is 0 Å². The molecular formula is C20H22ClFN2O. The molecule has 0 amide bonds. The number of nitrogen functional groups attached to an aromatic ring is 1. The predicted molar refractivity (Wildman–Crippen MR) is 100.0 cm³/mol. The largest absolute Gasteiger partial charge is 0.397 e. The van der Waals surface area contributed by atoms with Gasteiger partial charge in [-0.05, 0) is 49.3 Å². The van der Waals surface area contributed by atoms with Gasteiger partial charge in [-0.15, -0.1) is 0 Å². The molecule has 1 aliphatic rings. The fraction of sp³-hybridized carbons (Fsp3) is 0.350. The maximum absolute atomic E-state index is 13.0. The second-order valence-electron chi connectivity index (χ2n) is 6.45. The van der Waals surface area contributed by atoms with E-state index in [-0.39, 0.29) is 5.82 Å². The highest BCUT2D eigenvalue weighted by Gasteiger charge is 2.24. The fourth-order valence-corrected chi connectivity index (χ4v) is 3.79. The number of pyridine rings is 1. The van der Waals surface area contributed by atoms with Crippen LogP contribution in [-0.2, 0) is 11.3 Å². The number of benzene rings is 1. The van der Waals surface area contributed by atoms with Gasteiger partial charge in [0, 0.05) is 12.7 Å². The van der Waals surface area contributed by atoms with Gasteiger partial charge in [0.2, 0.25) is 0 Å². The van der Waals surface area contributed by atoms with Gasteiger partial charge in [0.05, 0.1) is 29.2 Å². The van der Waals surface area contributed by atoms with Crippen LogP contribution in [0.15, 0.2) is 36.0 Å². The molecule has 3 rings (SSSR count). The van der Waals surface area contributed by atoms with Crippen molar-refractivity contribution in [3.05, 3.63) is 63.7 Å². The minimum absolute atomic E-state index is 0.208. The second-order valence-corrected chi connectivity index (χ2v) is 6.83. The van der Waals surface area contributed by atoms with Gasteiger partial charge in [0.1, 0.15) is 5.82 Å². The predicted octanol–water partition coefficient (Wildman–Crippen LogP) is 5.34. The first-order valence-electron chi connectivity index (χ1n) is 8.45. The van der Waals surface area contributed by atoms with Crippen LogP contribution in [0, 0.1) is 5.82 Å². The quantitative estimate of drug-likeness (QED) is 0.800. The molecule has 0 spiro atoms. The van der Waals surface area contributed by atoms with Crippen molar-refractivity contribution in [2.24, 2.45) is 0 Å². The van der Waals surface area contributed by atoms with E-state index in [1.807, 2.05) is 12.1 Å². The van der Waals surface area contributed by atoms with Crippen LogP contribution in [0.2, 0.25) is 5.02 Å². The third kappa shape index (κ3) is 4.20. The molecule has 0 saturated heterocycles. The molecule has 1 saturated carbocycles. The van der Waals surface area contributed by atoms with Crippen LogP contribution in [0.1, 0.15) is 48.4 Å². The Labute approximate surface area is 152 Å². The maximum Gasteiger partial charge on any atom is 0.123 e. The van der Waals surface area contributed by atoms with Gasteiger partial charge < -0.3 is 10.5 Å². The lowest BCUT2D eigenvalue weighted by Crippen LogP contribution is -2.11. The van der Waals surface area contributed by atoms with E-state index in [4.69, 9.17) is 22.1 Å². The summed E-state index contributed by atoms with van der Waals surface area (Å²) >= 11 is 6.53. The smallest absolute Gasteiger partial charge is 0.123 e. The Kier molecular flexibility index (Phi) is 5.71. The van der Waals surface area contributed by atoms with Crippen LogP contribution in [-0.4, -0.2) is 12.1 Å². The summed E-state index contributed by atoms with van der Waals surface area (Å²) in [6.07, 6.45) is 7.79. The second kappa shape index (κ2) is 7.98. The van der Waals surface area contributed by atoms with Gasteiger partial charge in [-0.1, -0.05) is 35.4 Å². The van der Waals surface area contributed by atoms with Crippen molar-refractivity contribution in [2.45, 2.75) is 38.2 Å². The molecule has 3 nitrogen and oxygen atoms in total. The Morgan fingerprint density at radius 3 is 2.60 bits per heavy atom. The van der Waals surface area contributed by atoms with Crippen LogP contribution < -0.4 is 5.73 Å². The molecule has 132 valence electrons. The van der Waals surface area contributed by atoms with Crippen molar-refractivity contribution in [3.63, 3.8) is 0 Å². The summed E-state index contributed by atoms with van der Waals surface area (Å²) in [4.78, 5) is 4.28. The molecule has 5 heteroatoms. The van der Waals surface area contributed by atoms with Crippen molar-refractivity contribution in [1.82, 2.24) is 4.98 Å². The minimum atomic E-state index is -0.208. The SMILES string of the molecule is COCc1ncc(N)c(C2CCC(=Cc3ccc(F)cc3)CC2)c1Cl. The Bertz CT molecular complexity index is 764. The lowest BCUT2D eigenvalue weighted by atomic mass is 9.80. The van der Waals surface area contributed by atoms with Gasteiger partial charge in [0.25, 0.3) is 0 Å². The Balaban J connectivity index is 1.74. The zero-order valence-corrected chi connectivity index (χ0v) is 15.0. The van der Waals surface area contributed by atoms with Crippen LogP contribution in [0.4, 0.5) is 10.1 Å². The molecule has 1 aromatic carbocycles. The number of ether oxygens (including phenoxy) is 1. The number of allylic oxidation sites excluding steroid dienone is 1. The number of nitrogens with two attached hydrogens (primary N) is 1. The highest BCUT2D eigenvalue weighted by molar-refractivity contribution is 6.32. The molecular weight excluding hydrogens is 339 g/mol. The third-order valence-corrected chi connectivity index (χ3v) is 5.14. The molecule has 2 aromatic rings. The number of hydrogen-bond donors (Lipinski definition) is 1. The Morgan fingerprint density at radius 1 is 1.28 bits per heavy atom. The van der Waals surface area contributed by atoms with Crippen LogP contribution in [0.3, 0.4) is 0 Å². The zero-order chi connectivity index (χ0) is 17.8. The van der Waals surface area contributed by atoms with Crippen molar-refractivity contribution in [3.8, 4) is 0 Å². The van der Waals surface area contributed by atoms with Gasteiger partial charge in [-0.3, -0.25) is 4.98 Å². The fourth-order valence-electron chi connectivity index (χ4n) is 3.42. The molecule has 1 aromatic heterocycles. The highest BCUT2D eigenvalue weighted by atomic mass is 35.5. The van der Waals surface area contributed by atoms with E-state index in [1.165, 1.54) is 17.7 Å². The van der Waals surface area contributed by atoms with Gasteiger partial charge >= 0.3 is 0 Å². The topological polar surface area (TPSA) is 48.1 Å². The monoisotopic (exact) mass is 360 g/mol. The zero-order valence-electron chi connectivity index (χ0n) is 14.3. The van der Waals surface area contributed by atoms with Crippen molar-refractivity contribution >= 4 is 23.4 Å². The van der Waals surface area contributed by atoms with E-state index >= 15 is 0 Å². The highest BCUT2D eigenvalue weighted by Crippen LogP contribution is 2.42. The molecule has 2 N–H and O–H groups in total. The lowest BCUT2D eigenvalue weighted by molar-refractivity contribution is 0.181. The number of halogens is 2. The molecule has 0 atom stereocenters. The maximum atomic E-state index is 13.0. The molecule has 25 heavy (non-hydrogen) atoms. The first kappa shape index (κ1) is 17.9. The number of nitrogens with zero attached hydrogens (tertiary/aromatic N) is 1. The van der Waals surface area contributed by atoms with Crippen LogP contribution >= 0.6 is 11.6 Å². The van der Waals surface area contributed by atoms with Crippen molar-refractivity contribution in [2.75, 3.05) is 12.8 Å². The normalized spacial score (nSPS) is 17.6. The summed E-state index contributed by atoms with van der Waals surface area (Å²) in [5.41, 5.74) is 11.0. The van der Waals surface area contributed by atoms with Crippen molar-refractivity contribution in [1.29, 1.82) is 0 Å². The Hall–Kier alpha value is -1.91. The average Bonchev–Trinajstić information content (AvgIpc) is 2.61. The van der Waals surface area contributed by atoms with Crippen LogP contribution in [0.25, 0.3) is 6.08 Å². The summed E-state index contributed by atoms with van der Waals surface area (Å²) in [6.45, 7) is 0.383. The summed E-state index contributed by atoms with van der Waals surface area (Å²) in [5, 5.41) is 0.637. The van der Waals surface area contributed by atoms with E-state index in [1.54, 1.807) is 13.3 Å². The Morgan fingerprint density at radius 2 is 1.96 bits per heavy atom. The molecule has 0 bridgehead atoms. The average molecular weight is 361 g/mol.